The molecule has 1 saturated heterocycles. The van der Waals surface area contributed by atoms with E-state index in [1.807, 2.05) is 0 Å². The van der Waals surface area contributed by atoms with Crippen LogP contribution in [0.15, 0.2) is 6.20 Å². The highest BCUT2D eigenvalue weighted by Gasteiger charge is 2.48. The number of nitrogens with zero attached hydrogens (tertiary/aromatic N) is 3. The first kappa shape index (κ1) is 21.9. The van der Waals surface area contributed by atoms with Crippen LogP contribution in [-0.4, -0.2) is 59.3 Å². The van der Waals surface area contributed by atoms with Gasteiger partial charge in [-0.1, -0.05) is 0 Å². The number of hydrogen-bond acceptors (Lipinski definition) is 6. The second kappa shape index (κ2) is 7.56. The van der Waals surface area contributed by atoms with Crippen LogP contribution in [0, 0.1) is 17.8 Å². The van der Waals surface area contributed by atoms with Gasteiger partial charge in [-0.25, -0.2) is 18.4 Å². The van der Waals surface area contributed by atoms with Crippen molar-refractivity contribution in [1.29, 1.82) is 0 Å². The van der Waals surface area contributed by atoms with Crippen molar-refractivity contribution < 1.29 is 26.4 Å². The second-order valence-corrected chi connectivity index (χ2v) is 12.4. The standard InChI is InChI=1S/C21H27F3N4O3S/c22-21(23,24)17-16(18(29)28-3-5-32(30,31)6-4-28)12-25-19(26-17)27-20-2-1-13-7-14(10-20)9-15(8-13)11-20/h12-15H,1-11H2,(H,25,26,27). The van der Waals surface area contributed by atoms with Gasteiger partial charge in [0.1, 0.15) is 0 Å². The molecule has 11 heteroatoms. The van der Waals surface area contributed by atoms with Crippen molar-refractivity contribution in [2.45, 2.75) is 56.7 Å². The summed E-state index contributed by atoms with van der Waals surface area (Å²) in [5.41, 5.74) is -2.19. The number of anilines is 1. The lowest BCUT2D eigenvalue weighted by molar-refractivity contribution is -0.141. The van der Waals surface area contributed by atoms with Gasteiger partial charge in [0.15, 0.2) is 15.5 Å². The maximum Gasteiger partial charge on any atom is 0.434 e. The van der Waals surface area contributed by atoms with E-state index in [4.69, 9.17) is 0 Å². The minimum atomic E-state index is -4.83. The fourth-order valence-corrected chi connectivity index (χ4v) is 7.65. The predicted octanol–water partition coefficient (Wildman–Crippen LogP) is 3.14. The number of rotatable bonds is 3. The number of sulfone groups is 1. The van der Waals surface area contributed by atoms with Crippen molar-refractivity contribution in [2.24, 2.45) is 17.8 Å². The van der Waals surface area contributed by atoms with E-state index < -0.39 is 33.2 Å². The molecule has 4 aliphatic carbocycles. The maximum absolute atomic E-state index is 13.9. The maximum atomic E-state index is 13.9. The summed E-state index contributed by atoms with van der Waals surface area (Å²) in [5, 5.41) is 3.27. The van der Waals surface area contributed by atoms with Crippen LogP contribution in [0.3, 0.4) is 0 Å². The summed E-state index contributed by atoms with van der Waals surface area (Å²) >= 11 is 0. The topological polar surface area (TPSA) is 92.3 Å². The highest BCUT2D eigenvalue weighted by Crippen LogP contribution is 2.53. The van der Waals surface area contributed by atoms with Crippen molar-refractivity contribution >= 4 is 21.7 Å². The fraction of sp³-hybridized carbons (Fsp3) is 0.762. The Labute approximate surface area is 185 Å². The summed E-state index contributed by atoms with van der Waals surface area (Å²) < 4.78 is 64.8. The summed E-state index contributed by atoms with van der Waals surface area (Å²) in [6.07, 6.45) is 3.54. The van der Waals surface area contributed by atoms with Gasteiger partial charge in [-0.2, -0.15) is 13.2 Å². The quantitative estimate of drug-likeness (QED) is 0.727. The van der Waals surface area contributed by atoms with Crippen LogP contribution < -0.4 is 5.32 Å². The number of aromatic nitrogens is 2. The molecule has 1 amide bonds. The Balaban J connectivity index is 1.41. The first-order valence-electron chi connectivity index (χ1n) is 11.2. The van der Waals surface area contributed by atoms with E-state index in [9.17, 15) is 26.4 Å². The zero-order valence-corrected chi connectivity index (χ0v) is 18.5. The monoisotopic (exact) mass is 472 g/mol. The molecule has 4 bridgehead atoms. The molecular weight excluding hydrogens is 445 g/mol. The number of amides is 1. The van der Waals surface area contributed by atoms with Gasteiger partial charge in [0.2, 0.25) is 5.95 Å². The van der Waals surface area contributed by atoms with E-state index in [2.05, 4.69) is 15.3 Å². The number of carbonyl (C=O) groups excluding carboxylic acids is 1. The molecule has 0 radical (unpaired) electrons. The highest BCUT2D eigenvalue weighted by atomic mass is 32.2. The number of hydrogen-bond donors (Lipinski definition) is 1. The van der Waals surface area contributed by atoms with E-state index in [1.54, 1.807) is 0 Å². The summed E-state index contributed by atoms with van der Waals surface area (Å²) in [6, 6.07) is 0. The first-order valence-corrected chi connectivity index (χ1v) is 13.1. The average molecular weight is 473 g/mol. The van der Waals surface area contributed by atoms with Gasteiger partial charge in [0.05, 0.1) is 17.1 Å². The molecular formula is C21H27F3N4O3S. The summed E-state index contributed by atoms with van der Waals surface area (Å²) in [6.45, 7) is -0.267. The van der Waals surface area contributed by atoms with Gasteiger partial charge in [0.25, 0.3) is 5.91 Å². The zero-order valence-electron chi connectivity index (χ0n) is 17.7. The van der Waals surface area contributed by atoms with Gasteiger partial charge in [-0.3, -0.25) is 4.79 Å². The van der Waals surface area contributed by atoms with Crippen LogP contribution in [0.2, 0.25) is 0 Å². The van der Waals surface area contributed by atoms with Crippen molar-refractivity contribution in [1.82, 2.24) is 14.9 Å². The van der Waals surface area contributed by atoms with Crippen LogP contribution >= 0.6 is 0 Å². The van der Waals surface area contributed by atoms with Gasteiger partial charge in [0, 0.05) is 24.8 Å². The third-order valence-corrected chi connectivity index (χ3v) is 9.30. The summed E-state index contributed by atoms with van der Waals surface area (Å²) in [7, 11) is -3.26. The molecule has 1 aromatic heterocycles. The summed E-state index contributed by atoms with van der Waals surface area (Å²) in [4.78, 5) is 21.8. The Morgan fingerprint density at radius 3 is 2.34 bits per heavy atom. The molecule has 176 valence electrons. The van der Waals surface area contributed by atoms with Crippen LogP contribution in [0.5, 0.6) is 0 Å². The van der Waals surface area contributed by atoms with Crippen molar-refractivity contribution in [2.75, 3.05) is 29.9 Å². The molecule has 2 atom stereocenters. The molecule has 6 rings (SSSR count). The van der Waals surface area contributed by atoms with E-state index in [0.29, 0.717) is 17.8 Å². The van der Waals surface area contributed by atoms with Gasteiger partial charge in [-0.15, -0.1) is 0 Å². The molecule has 0 spiro atoms. The van der Waals surface area contributed by atoms with E-state index in [1.165, 1.54) is 19.3 Å². The van der Waals surface area contributed by atoms with Crippen LogP contribution in [0.4, 0.5) is 19.1 Å². The number of halogens is 3. The zero-order chi connectivity index (χ0) is 22.7. The number of nitrogens with one attached hydrogen (secondary N) is 1. The Morgan fingerprint density at radius 2 is 1.72 bits per heavy atom. The Kier molecular flexibility index (Phi) is 5.18. The fourth-order valence-electron chi connectivity index (χ4n) is 6.45. The SMILES string of the molecule is O=C(c1cnc(NC23CCC4CC(CC(C4)C2)C3)nc1C(F)(F)F)N1CCS(=O)(=O)CC1. The van der Waals surface area contributed by atoms with E-state index in [-0.39, 0.29) is 36.1 Å². The van der Waals surface area contributed by atoms with Gasteiger partial charge >= 0.3 is 6.18 Å². The average Bonchev–Trinajstić information content (AvgIpc) is 2.90. The molecule has 4 saturated carbocycles. The normalized spacial score (nSPS) is 33.7. The number of fused-ring (bicyclic) bond motifs is 1. The van der Waals surface area contributed by atoms with Crippen molar-refractivity contribution in [3.05, 3.63) is 17.5 Å². The molecule has 0 aromatic carbocycles. The smallest absolute Gasteiger partial charge is 0.349 e. The highest BCUT2D eigenvalue weighted by molar-refractivity contribution is 7.91. The minimum absolute atomic E-state index is 0.0881. The Morgan fingerprint density at radius 1 is 1.09 bits per heavy atom. The molecule has 7 nitrogen and oxygen atoms in total. The molecule has 5 fully saturated rings. The Hall–Kier alpha value is -1.91. The van der Waals surface area contributed by atoms with Crippen LogP contribution in [-0.2, 0) is 16.0 Å². The summed E-state index contributed by atoms with van der Waals surface area (Å²) in [5.74, 6) is 0.421. The molecule has 1 aliphatic heterocycles. The lowest BCUT2D eigenvalue weighted by Gasteiger charge is -2.45. The number of alkyl halides is 3. The lowest BCUT2D eigenvalue weighted by atomic mass is 9.65. The van der Waals surface area contributed by atoms with Gasteiger partial charge in [-0.05, 0) is 62.7 Å². The third kappa shape index (κ3) is 4.20. The molecule has 2 heterocycles. The van der Waals surface area contributed by atoms with Crippen LogP contribution in [0.25, 0.3) is 0 Å². The Bertz CT molecular complexity index is 1000. The first-order chi connectivity index (χ1) is 15.0. The van der Waals surface area contributed by atoms with E-state index >= 15 is 0 Å². The van der Waals surface area contributed by atoms with Crippen molar-refractivity contribution in [3.63, 3.8) is 0 Å². The predicted molar refractivity (Wildman–Crippen MR) is 111 cm³/mol. The van der Waals surface area contributed by atoms with Gasteiger partial charge < -0.3 is 10.2 Å². The lowest BCUT2D eigenvalue weighted by Crippen LogP contribution is -2.46. The van der Waals surface area contributed by atoms with Crippen molar-refractivity contribution in [3.8, 4) is 0 Å². The largest absolute Gasteiger partial charge is 0.434 e. The third-order valence-electron chi connectivity index (χ3n) is 7.69. The minimum Gasteiger partial charge on any atom is -0.349 e. The molecule has 5 aliphatic rings. The molecule has 2 unspecified atom stereocenters. The second-order valence-electron chi connectivity index (χ2n) is 10.1. The molecule has 32 heavy (non-hydrogen) atoms. The number of carbonyl (C=O) groups is 1. The molecule has 1 N–H and O–H groups in total. The molecule has 1 aromatic rings. The van der Waals surface area contributed by atoms with E-state index in [0.717, 1.165) is 36.8 Å². The van der Waals surface area contributed by atoms with Crippen LogP contribution in [0.1, 0.15) is 61.0 Å².